The predicted molar refractivity (Wildman–Crippen MR) is 164 cm³/mol. The molecule has 3 aromatic carbocycles. The Morgan fingerprint density at radius 1 is 0.762 bits per heavy atom. The number of amides is 1. The highest BCUT2D eigenvalue weighted by Crippen LogP contribution is 2.21. The molecule has 0 saturated heterocycles. The van der Waals surface area contributed by atoms with E-state index in [9.17, 15) is 4.79 Å². The zero-order valence-electron chi connectivity index (χ0n) is 23.3. The molecule has 1 amide bonds. The fourth-order valence-corrected chi connectivity index (χ4v) is 3.81. The fraction of sp³-hybridized carbons (Fsp3) is 0.267. The van der Waals surface area contributed by atoms with Crippen LogP contribution >= 0.6 is 11.6 Å². The summed E-state index contributed by atoms with van der Waals surface area (Å²) < 4.78 is 16.5. The molecular weight excluding hydrogens is 558 g/mol. The van der Waals surface area contributed by atoms with Crippen LogP contribution in [0, 0.1) is 0 Å². The first-order chi connectivity index (χ1) is 20.6. The van der Waals surface area contributed by atoms with Crippen molar-refractivity contribution in [1.29, 1.82) is 0 Å². The largest absolute Gasteiger partial charge is 0.497 e. The Hall–Kier alpha value is -4.45. The first-order valence-electron chi connectivity index (χ1n) is 13.5. The smallest absolute Gasteiger partial charge is 0.251 e. The van der Waals surface area contributed by atoms with E-state index in [1.807, 2.05) is 66.7 Å². The number of nitrogens with zero attached hydrogens (tertiary/aromatic N) is 3. The number of carbonyl (C=O) groups is 1. The second-order valence-electron chi connectivity index (χ2n) is 8.92. The Kier molecular flexibility index (Phi) is 12.1. The summed E-state index contributed by atoms with van der Waals surface area (Å²) >= 11 is 6.00. The van der Waals surface area contributed by atoms with Crippen LogP contribution in [0.3, 0.4) is 0 Å². The number of hydrogen-bond acceptors (Lipinski definition) is 10. The molecule has 0 bridgehead atoms. The molecule has 0 atom stereocenters. The number of hydrogen-bond donors (Lipinski definition) is 4. The van der Waals surface area contributed by atoms with Crippen LogP contribution in [0.4, 0.5) is 23.5 Å². The lowest BCUT2D eigenvalue weighted by atomic mass is 10.2. The maximum absolute atomic E-state index is 12.0. The van der Waals surface area contributed by atoms with Crippen molar-refractivity contribution < 1.29 is 19.0 Å². The lowest BCUT2D eigenvalue weighted by molar-refractivity contribution is 0.0519. The third-order valence-corrected chi connectivity index (χ3v) is 6.05. The van der Waals surface area contributed by atoms with Crippen LogP contribution in [0.1, 0.15) is 15.9 Å². The van der Waals surface area contributed by atoms with Gasteiger partial charge in [-0.1, -0.05) is 48.0 Å². The number of benzene rings is 3. The summed E-state index contributed by atoms with van der Waals surface area (Å²) in [5.41, 5.74) is 2.43. The normalized spacial score (nSPS) is 10.6. The Balaban J connectivity index is 1.21. The molecular formula is C30H34ClN7O4. The minimum atomic E-state index is -0.120. The summed E-state index contributed by atoms with van der Waals surface area (Å²) in [6.07, 6.45) is 0. The van der Waals surface area contributed by atoms with Crippen LogP contribution < -0.4 is 26.0 Å². The quantitative estimate of drug-likeness (QED) is 0.127. The van der Waals surface area contributed by atoms with Gasteiger partial charge in [-0.05, 0) is 42.0 Å². The lowest BCUT2D eigenvalue weighted by Crippen LogP contribution is -2.27. The van der Waals surface area contributed by atoms with Crippen LogP contribution in [0.15, 0.2) is 78.9 Å². The van der Waals surface area contributed by atoms with Gasteiger partial charge in [0, 0.05) is 42.0 Å². The fourth-order valence-electron chi connectivity index (χ4n) is 3.69. The molecule has 0 unspecified atom stereocenters. The van der Waals surface area contributed by atoms with E-state index >= 15 is 0 Å². The Morgan fingerprint density at radius 2 is 1.45 bits per heavy atom. The van der Waals surface area contributed by atoms with Crippen molar-refractivity contribution in [2.45, 2.75) is 6.54 Å². The molecule has 0 radical (unpaired) electrons. The van der Waals surface area contributed by atoms with Crippen LogP contribution in [-0.2, 0) is 16.0 Å². The molecule has 0 aliphatic carbocycles. The molecule has 42 heavy (non-hydrogen) atoms. The number of aromatic nitrogens is 3. The van der Waals surface area contributed by atoms with Gasteiger partial charge < -0.3 is 35.5 Å². The average Bonchev–Trinajstić information content (AvgIpc) is 3.02. The first-order valence-corrected chi connectivity index (χ1v) is 13.8. The first kappa shape index (κ1) is 30.5. The van der Waals surface area contributed by atoms with Crippen molar-refractivity contribution in [3.63, 3.8) is 0 Å². The Morgan fingerprint density at radius 3 is 2.19 bits per heavy atom. The SMILES string of the molecule is COc1cccc(Nc2nc(NCCOCCOCCNC(=O)c3ccccc3)nc(NCc3ccc(Cl)cc3)n2)c1. The third-order valence-electron chi connectivity index (χ3n) is 5.79. The number of anilines is 4. The summed E-state index contributed by atoms with van der Waals surface area (Å²) in [5, 5.41) is 13.1. The van der Waals surface area contributed by atoms with E-state index < -0.39 is 0 Å². The van der Waals surface area contributed by atoms with E-state index in [2.05, 4.69) is 36.2 Å². The van der Waals surface area contributed by atoms with Gasteiger partial charge in [0.25, 0.3) is 5.91 Å². The molecule has 12 heteroatoms. The standard InChI is InChI=1S/C30H34ClN7O4/c1-40-26-9-5-8-25(20-26)35-30-37-28(36-29(38-30)34-21-22-10-12-24(31)13-11-22)33-15-17-42-19-18-41-16-14-32-27(39)23-6-3-2-4-7-23/h2-13,20H,14-19,21H2,1H3,(H,32,39)(H3,33,34,35,36,37,38). The van der Waals surface area contributed by atoms with Gasteiger partial charge in [-0.15, -0.1) is 0 Å². The van der Waals surface area contributed by atoms with Crippen molar-refractivity contribution in [2.75, 3.05) is 62.6 Å². The molecule has 0 saturated carbocycles. The lowest BCUT2D eigenvalue weighted by Gasteiger charge is -2.12. The second kappa shape index (κ2) is 16.7. The highest BCUT2D eigenvalue weighted by Gasteiger charge is 2.08. The van der Waals surface area contributed by atoms with Crippen molar-refractivity contribution in [1.82, 2.24) is 20.3 Å². The Bertz CT molecular complexity index is 1390. The summed E-state index contributed by atoms with van der Waals surface area (Å²) in [7, 11) is 1.61. The van der Waals surface area contributed by atoms with Gasteiger partial charge in [0.05, 0.1) is 33.5 Å². The molecule has 4 N–H and O–H groups in total. The maximum Gasteiger partial charge on any atom is 0.251 e. The van der Waals surface area contributed by atoms with E-state index in [0.717, 1.165) is 11.3 Å². The van der Waals surface area contributed by atoms with Crippen LogP contribution in [0.2, 0.25) is 5.02 Å². The van der Waals surface area contributed by atoms with Crippen molar-refractivity contribution in [3.8, 4) is 5.75 Å². The second-order valence-corrected chi connectivity index (χ2v) is 9.35. The van der Waals surface area contributed by atoms with Gasteiger partial charge in [0.15, 0.2) is 0 Å². The highest BCUT2D eigenvalue weighted by molar-refractivity contribution is 6.30. The zero-order valence-corrected chi connectivity index (χ0v) is 24.1. The molecule has 0 fully saturated rings. The molecule has 1 heterocycles. The number of methoxy groups -OCH3 is 1. The van der Waals surface area contributed by atoms with Crippen LogP contribution in [-0.4, -0.2) is 67.5 Å². The van der Waals surface area contributed by atoms with Crippen LogP contribution in [0.5, 0.6) is 5.75 Å². The van der Waals surface area contributed by atoms with Crippen molar-refractivity contribution >= 4 is 41.0 Å². The molecule has 220 valence electrons. The van der Waals surface area contributed by atoms with Gasteiger partial charge in [0.1, 0.15) is 5.75 Å². The van der Waals surface area contributed by atoms with Gasteiger partial charge in [-0.3, -0.25) is 4.79 Å². The van der Waals surface area contributed by atoms with Gasteiger partial charge in [-0.25, -0.2) is 0 Å². The van der Waals surface area contributed by atoms with E-state index in [0.29, 0.717) is 80.2 Å². The zero-order chi connectivity index (χ0) is 29.4. The minimum Gasteiger partial charge on any atom is -0.497 e. The summed E-state index contributed by atoms with van der Waals surface area (Å²) in [4.78, 5) is 25.5. The summed E-state index contributed by atoms with van der Waals surface area (Å²) in [6, 6.07) is 24.1. The number of carbonyl (C=O) groups excluding carboxylic acids is 1. The molecule has 0 aliphatic heterocycles. The minimum absolute atomic E-state index is 0.120. The monoisotopic (exact) mass is 591 g/mol. The predicted octanol–water partition coefficient (Wildman–Crippen LogP) is 4.76. The number of rotatable bonds is 17. The molecule has 4 aromatic rings. The third kappa shape index (κ3) is 10.5. The summed E-state index contributed by atoms with van der Waals surface area (Å²) in [6.45, 7) is 3.08. The summed E-state index contributed by atoms with van der Waals surface area (Å²) in [5.74, 6) is 1.76. The van der Waals surface area contributed by atoms with E-state index in [-0.39, 0.29) is 5.91 Å². The molecule has 1 aromatic heterocycles. The van der Waals surface area contributed by atoms with Crippen molar-refractivity contribution in [3.05, 3.63) is 95.0 Å². The molecule has 11 nitrogen and oxygen atoms in total. The molecule has 0 spiro atoms. The van der Waals surface area contributed by atoms with Crippen molar-refractivity contribution in [2.24, 2.45) is 0 Å². The van der Waals surface area contributed by atoms with E-state index in [1.54, 1.807) is 19.2 Å². The van der Waals surface area contributed by atoms with Gasteiger partial charge in [0.2, 0.25) is 17.8 Å². The molecule has 4 rings (SSSR count). The maximum atomic E-state index is 12.0. The van der Waals surface area contributed by atoms with E-state index in [1.165, 1.54) is 0 Å². The molecule has 0 aliphatic rings. The highest BCUT2D eigenvalue weighted by atomic mass is 35.5. The number of nitrogens with one attached hydrogen (secondary N) is 4. The number of halogens is 1. The van der Waals surface area contributed by atoms with Gasteiger partial charge in [-0.2, -0.15) is 15.0 Å². The van der Waals surface area contributed by atoms with Gasteiger partial charge >= 0.3 is 0 Å². The average molecular weight is 592 g/mol. The van der Waals surface area contributed by atoms with Crippen LogP contribution in [0.25, 0.3) is 0 Å². The number of ether oxygens (including phenoxy) is 3. The Labute approximate surface area is 250 Å². The topological polar surface area (TPSA) is 132 Å². The van der Waals surface area contributed by atoms with E-state index in [4.69, 9.17) is 25.8 Å².